The lowest BCUT2D eigenvalue weighted by Crippen LogP contribution is -2.41. The average molecular weight is 341 g/mol. The van der Waals surface area contributed by atoms with Crippen LogP contribution in [0.15, 0.2) is 67.3 Å². The van der Waals surface area contributed by atoms with E-state index in [1.54, 1.807) is 0 Å². The first-order chi connectivity index (χ1) is 11.3. The van der Waals surface area contributed by atoms with Crippen molar-refractivity contribution in [2.45, 2.75) is 40.2 Å². The zero-order valence-corrected chi connectivity index (χ0v) is 16.0. The van der Waals surface area contributed by atoms with Gasteiger partial charge in [-0.3, -0.25) is 9.65 Å². The van der Waals surface area contributed by atoms with E-state index < -0.39 is 7.29 Å². The van der Waals surface area contributed by atoms with Crippen molar-refractivity contribution >= 4 is 17.9 Å². The van der Waals surface area contributed by atoms with Gasteiger partial charge in [-0.15, -0.1) is 6.58 Å². The van der Waals surface area contributed by atoms with Crippen molar-refractivity contribution in [2.24, 2.45) is 5.41 Å². The van der Waals surface area contributed by atoms with Crippen molar-refractivity contribution in [2.75, 3.05) is 0 Å². The van der Waals surface area contributed by atoms with Crippen LogP contribution < -0.4 is 15.7 Å². The molecule has 0 fully saturated rings. The summed E-state index contributed by atoms with van der Waals surface area (Å²) < 4.78 is 14.2. The molecule has 0 saturated carbocycles. The van der Waals surface area contributed by atoms with Crippen LogP contribution in [0.2, 0.25) is 0 Å². The third-order valence-corrected chi connectivity index (χ3v) is 7.38. The maximum absolute atomic E-state index is 14.2. The van der Waals surface area contributed by atoms with Gasteiger partial charge in [0.15, 0.2) is 0 Å². The molecule has 2 rings (SSSR count). The van der Waals surface area contributed by atoms with Crippen LogP contribution in [0, 0.1) is 5.41 Å². The minimum atomic E-state index is -2.94. The third-order valence-electron chi connectivity index (χ3n) is 4.49. The van der Waals surface area contributed by atoms with Crippen molar-refractivity contribution in [3.05, 3.63) is 72.8 Å². The van der Waals surface area contributed by atoms with Gasteiger partial charge in [-0.2, -0.15) is 0 Å². The molecule has 0 aliphatic carbocycles. The van der Waals surface area contributed by atoms with Crippen LogP contribution in [0.1, 0.15) is 33.3 Å². The molecule has 2 nitrogen and oxygen atoms in total. The van der Waals surface area contributed by atoms with Gasteiger partial charge >= 0.3 is 0 Å². The molecule has 2 aromatic rings. The highest BCUT2D eigenvalue weighted by Crippen LogP contribution is 2.42. The van der Waals surface area contributed by atoms with E-state index in [9.17, 15) is 4.57 Å². The van der Waals surface area contributed by atoms with E-state index in [1.807, 2.05) is 60.7 Å². The van der Waals surface area contributed by atoms with Gasteiger partial charge in [-0.05, 0) is 42.5 Å². The van der Waals surface area contributed by atoms with E-state index in [-0.39, 0.29) is 11.5 Å². The molecule has 0 aliphatic rings. The lowest BCUT2D eigenvalue weighted by atomic mass is 9.89. The van der Waals surface area contributed by atoms with Gasteiger partial charge in [0.25, 0.3) is 0 Å². The van der Waals surface area contributed by atoms with Crippen molar-refractivity contribution in [1.82, 2.24) is 5.09 Å². The highest BCUT2D eigenvalue weighted by atomic mass is 31.2. The molecule has 0 radical (unpaired) electrons. The Hall–Kier alpha value is -1.63. The van der Waals surface area contributed by atoms with Gasteiger partial charge in [0.2, 0.25) is 7.29 Å². The van der Waals surface area contributed by atoms with Crippen molar-refractivity contribution < 1.29 is 4.57 Å². The summed E-state index contributed by atoms with van der Waals surface area (Å²) in [7, 11) is -2.94. The predicted molar refractivity (Wildman–Crippen MR) is 106 cm³/mol. The molecule has 128 valence electrons. The second-order valence-electron chi connectivity index (χ2n) is 7.28. The summed E-state index contributed by atoms with van der Waals surface area (Å²) in [5, 5.41) is 5.21. The molecule has 0 bridgehead atoms. The third kappa shape index (κ3) is 4.06. The van der Waals surface area contributed by atoms with Crippen molar-refractivity contribution in [3.8, 4) is 0 Å². The minimum absolute atomic E-state index is 0.0117. The highest BCUT2D eigenvalue weighted by molar-refractivity contribution is 7.77. The summed E-state index contributed by atoms with van der Waals surface area (Å²) in [4.78, 5) is 0. The predicted octanol–water partition coefficient (Wildman–Crippen LogP) is 4.67. The number of benzene rings is 2. The van der Waals surface area contributed by atoms with Gasteiger partial charge < -0.3 is 0 Å². The number of hydrogen-bond donors (Lipinski definition) is 1. The molecular formula is C21H28NOP. The summed E-state index contributed by atoms with van der Waals surface area (Å²) in [5.41, 5.74) is 1.07. The Morgan fingerprint density at radius 3 is 2.25 bits per heavy atom. The quantitative estimate of drug-likeness (QED) is 0.611. The van der Waals surface area contributed by atoms with E-state index in [2.05, 4.69) is 39.4 Å². The van der Waals surface area contributed by atoms with Crippen LogP contribution in [-0.4, -0.2) is 6.04 Å². The highest BCUT2D eigenvalue weighted by Gasteiger charge is 2.34. The maximum Gasteiger partial charge on any atom is 0.205 e. The monoisotopic (exact) mass is 341 g/mol. The first kappa shape index (κ1) is 18.7. The Bertz CT molecular complexity index is 731. The van der Waals surface area contributed by atoms with Crippen LogP contribution >= 0.6 is 7.29 Å². The molecular weight excluding hydrogens is 313 g/mol. The minimum Gasteiger partial charge on any atom is -0.297 e. The second kappa shape index (κ2) is 7.51. The fourth-order valence-corrected chi connectivity index (χ4v) is 5.49. The maximum atomic E-state index is 14.2. The topological polar surface area (TPSA) is 29.1 Å². The normalized spacial score (nSPS) is 15.5. The number of hydrogen-bond acceptors (Lipinski definition) is 1. The molecule has 0 amide bonds. The molecule has 0 saturated heterocycles. The van der Waals surface area contributed by atoms with E-state index in [1.165, 1.54) is 0 Å². The number of allylic oxidation sites excluding steroid dienone is 1. The molecule has 24 heavy (non-hydrogen) atoms. The zero-order valence-electron chi connectivity index (χ0n) is 15.1. The summed E-state index contributed by atoms with van der Waals surface area (Å²) in [5.74, 6) is 0. The fourth-order valence-electron chi connectivity index (χ4n) is 2.53. The van der Waals surface area contributed by atoms with E-state index >= 15 is 0 Å². The van der Waals surface area contributed by atoms with Crippen LogP contribution in [0.4, 0.5) is 0 Å². The molecule has 0 heterocycles. The van der Waals surface area contributed by atoms with Gasteiger partial charge in [-0.1, -0.05) is 63.2 Å². The number of rotatable bonds is 6. The number of nitrogens with one attached hydrogen (secondary N) is 1. The van der Waals surface area contributed by atoms with Crippen LogP contribution in [0.5, 0.6) is 0 Å². The Morgan fingerprint density at radius 2 is 1.67 bits per heavy atom. The summed E-state index contributed by atoms with van der Waals surface area (Å²) >= 11 is 0. The summed E-state index contributed by atoms with van der Waals surface area (Å²) in [6, 6.07) is 17.8. The zero-order chi connectivity index (χ0) is 17.8. The standard InChI is InChI=1S/C21H28NOP/c1-6-12-18-13-10-11-16-20(18)24(23,19-14-8-7-9-15-19)22-17(2)21(3,4)5/h6-11,13-17H,1,12H2,2-5H3,(H,22,23). The molecule has 2 aromatic carbocycles. The molecule has 0 aromatic heterocycles. The lowest BCUT2D eigenvalue weighted by Gasteiger charge is -2.33. The Morgan fingerprint density at radius 1 is 1.08 bits per heavy atom. The smallest absolute Gasteiger partial charge is 0.205 e. The summed E-state index contributed by atoms with van der Waals surface area (Å²) in [6.45, 7) is 12.4. The van der Waals surface area contributed by atoms with Gasteiger partial charge in [0.1, 0.15) is 0 Å². The molecule has 2 atom stereocenters. The van der Waals surface area contributed by atoms with E-state index in [0.717, 1.165) is 16.2 Å². The van der Waals surface area contributed by atoms with Gasteiger partial charge in [0, 0.05) is 16.7 Å². The molecule has 1 N–H and O–H groups in total. The fraction of sp³-hybridized carbons (Fsp3) is 0.333. The SMILES string of the molecule is C=CCc1ccccc1P(=O)(NC(C)C(C)(C)C)c1ccccc1. The summed E-state index contributed by atoms with van der Waals surface area (Å²) in [6.07, 6.45) is 2.57. The first-order valence-electron chi connectivity index (χ1n) is 8.42. The van der Waals surface area contributed by atoms with Gasteiger partial charge in [-0.25, -0.2) is 0 Å². The largest absolute Gasteiger partial charge is 0.297 e. The average Bonchev–Trinajstić information content (AvgIpc) is 2.55. The van der Waals surface area contributed by atoms with Crippen LogP contribution in [0.25, 0.3) is 0 Å². The first-order valence-corrected chi connectivity index (χ1v) is 10.1. The Kier molecular flexibility index (Phi) is 5.85. The van der Waals surface area contributed by atoms with Crippen molar-refractivity contribution in [1.29, 1.82) is 0 Å². The second-order valence-corrected chi connectivity index (χ2v) is 9.76. The van der Waals surface area contributed by atoms with E-state index in [0.29, 0.717) is 6.42 Å². The van der Waals surface area contributed by atoms with E-state index in [4.69, 9.17) is 0 Å². The van der Waals surface area contributed by atoms with Crippen LogP contribution in [-0.2, 0) is 11.0 Å². The van der Waals surface area contributed by atoms with Crippen molar-refractivity contribution in [3.63, 3.8) is 0 Å². The molecule has 3 heteroatoms. The Balaban J connectivity index is 2.60. The van der Waals surface area contributed by atoms with Gasteiger partial charge in [0.05, 0.1) is 0 Å². The Labute approximate surface area is 146 Å². The molecule has 2 unspecified atom stereocenters. The lowest BCUT2D eigenvalue weighted by molar-refractivity contribution is 0.319. The van der Waals surface area contributed by atoms with Crippen LogP contribution in [0.3, 0.4) is 0 Å². The molecule has 0 spiro atoms. The molecule has 0 aliphatic heterocycles.